The van der Waals surface area contributed by atoms with E-state index in [4.69, 9.17) is 10.5 Å². The molecule has 0 saturated carbocycles. The summed E-state index contributed by atoms with van der Waals surface area (Å²) in [6.45, 7) is 6.76. The van der Waals surface area contributed by atoms with Crippen molar-refractivity contribution in [1.29, 1.82) is 0 Å². The smallest absolute Gasteiger partial charge is 0.333 e. The van der Waals surface area contributed by atoms with Crippen LogP contribution >= 0.6 is 0 Å². The summed E-state index contributed by atoms with van der Waals surface area (Å²) in [5.41, 5.74) is 5.51. The van der Waals surface area contributed by atoms with E-state index in [0.717, 1.165) is 12.8 Å². The second-order valence-corrected chi connectivity index (χ2v) is 5.85. The van der Waals surface area contributed by atoms with Crippen molar-refractivity contribution in [2.45, 2.75) is 58.9 Å². The van der Waals surface area contributed by atoms with Crippen LogP contribution in [0.25, 0.3) is 0 Å². The lowest BCUT2D eigenvalue weighted by Crippen LogP contribution is -2.42. The molecule has 0 bridgehead atoms. The maximum atomic E-state index is 12.5. The minimum Gasteiger partial charge on any atom is -0.354 e. The Labute approximate surface area is 124 Å². The zero-order valence-corrected chi connectivity index (χ0v) is 13.0. The molecule has 2 heterocycles. The Morgan fingerprint density at radius 1 is 1.43 bits per heavy atom. The van der Waals surface area contributed by atoms with Gasteiger partial charge in [-0.25, -0.2) is 4.79 Å². The van der Waals surface area contributed by atoms with E-state index in [1.165, 1.54) is 4.57 Å². The van der Waals surface area contributed by atoms with Crippen LogP contribution in [0.15, 0.2) is 15.8 Å². The molecule has 0 aromatic carbocycles. The Hall–Kier alpha value is -1.40. The molecule has 1 aliphatic heterocycles. The van der Waals surface area contributed by atoms with Crippen LogP contribution in [-0.2, 0) is 11.3 Å². The highest BCUT2D eigenvalue weighted by atomic mass is 16.5. The van der Waals surface area contributed by atoms with Gasteiger partial charge < -0.3 is 10.5 Å². The summed E-state index contributed by atoms with van der Waals surface area (Å²) in [5.74, 6) is 0.414. The molecular formula is C15H25N3O3. The quantitative estimate of drug-likeness (QED) is 0.879. The highest BCUT2D eigenvalue weighted by Crippen LogP contribution is 2.33. The third kappa shape index (κ3) is 3.11. The van der Waals surface area contributed by atoms with Gasteiger partial charge in [-0.1, -0.05) is 13.8 Å². The molecule has 1 saturated heterocycles. The minimum absolute atomic E-state index is 0.173. The summed E-state index contributed by atoms with van der Waals surface area (Å²) in [7, 11) is 0. The maximum absolute atomic E-state index is 12.5. The summed E-state index contributed by atoms with van der Waals surface area (Å²) in [6, 6.07) is 0. The van der Waals surface area contributed by atoms with Gasteiger partial charge in [-0.2, -0.15) is 0 Å². The number of ether oxygens (including phenoxy) is 1. The molecule has 2 rings (SSSR count). The Bertz CT molecular complexity index is 605. The van der Waals surface area contributed by atoms with Crippen molar-refractivity contribution in [1.82, 2.24) is 9.13 Å². The Balaban J connectivity index is 2.39. The van der Waals surface area contributed by atoms with E-state index in [1.54, 1.807) is 17.7 Å². The fourth-order valence-electron chi connectivity index (χ4n) is 2.95. The first-order valence-corrected chi connectivity index (χ1v) is 7.67. The number of aryl methyl sites for hydroxylation is 1. The van der Waals surface area contributed by atoms with Gasteiger partial charge in [-0.05, 0) is 38.6 Å². The zero-order chi connectivity index (χ0) is 15.6. The molecule has 0 aliphatic carbocycles. The first-order chi connectivity index (χ1) is 9.99. The molecule has 0 radical (unpaired) electrons. The predicted octanol–water partition coefficient (Wildman–Crippen LogP) is 1.00. The second-order valence-electron chi connectivity index (χ2n) is 5.85. The standard InChI is InChI=1S/C15H25N3O3/c1-4-12-10(2)8-13(21-12)18-9-11(3)14(19)17(15(18)20)7-5-6-16/h9-10,12-13H,4-8,16H2,1-3H3/t10-,12+,13+/m0/s1. The monoisotopic (exact) mass is 295 g/mol. The van der Waals surface area contributed by atoms with E-state index in [-0.39, 0.29) is 23.6 Å². The second kappa shape index (κ2) is 6.58. The van der Waals surface area contributed by atoms with Gasteiger partial charge in [0, 0.05) is 18.3 Å². The van der Waals surface area contributed by atoms with Gasteiger partial charge in [0.2, 0.25) is 0 Å². The first kappa shape index (κ1) is 16.0. The Morgan fingerprint density at radius 3 is 2.71 bits per heavy atom. The lowest BCUT2D eigenvalue weighted by molar-refractivity contribution is -0.00845. The SMILES string of the molecule is CC[C@H]1O[C@@H](n2cc(C)c(=O)n(CCCN)c2=O)C[C@@H]1C. The summed E-state index contributed by atoms with van der Waals surface area (Å²) in [5, 5.41) is 0. The summed E-state index contributed by atoms with van der Waals surface area (Å²) < 4.78 is 8.81. The molecule has 0 unspecified atom stereocenters. The normalized spacial score (nSPS) is 25.4. The van der Waals surface area contributed by atoms with E-state index in [1.807, 2.05) is 0 Å². The number of rotatable bonds is 5. The number of nitrogens with two attached hydrogens (primary N) is 1. The van der Waals surface area contributed by atoms with E-state index in [2.05, 4.69) is 13.8 Å². The predicted molar refractivity (Wildman–Crippen MR) is 81.4 cm³/mol. The molecule has 6 heteroatoms. The third-order valence-electron chi connectivity index (χ3n) is 4.21. The fourth-order valence-corrected chi connectivity index (χ4v) is 2.95. The molecule has 3 atom stereocenters. The molecule has 2 N–H and O–H groups in total. The summed E-state index contributed by atoms with van der Waals surface area (Å²) in [6.07, 6.45) is 3.86. The Kier molecular flexibility index (Phi) is 5.00. The molecular weight excluding hydrogens is 270 g/mol. The van der Waals surface area contributed by atoms with E-state index >= 15 is 0 Å². The van der Waals surface area contributed by atoms with Crippen LogP contribution in [0, 0.1) is 12.8 Å². The van der Waals surface area contributed by atoms with E-state index in [0.29, 0.717) is 31.0 Å². The van der Waals surface area contributed by atoms with Crippen LogP contribution in [0.1, 0.15) is 44.9 Å². The van der Waals surface area contributed by atoms with Crippen molar-refractivity contribution < 1.29 is 4.74 Å². The maximum Gasteiger partial charge on any atom is 0.333 e. The topological polar surface area (TPSA) is 79.2 Å². The van der Waals surface area contributed by atoms with E-state index in [9.17, 15) is 9.59 Å². The van der Waals surface area contributed by atoms with Crippen molar-refractivity contribution >= 4 is 0 Å². The van der Waals surface area contributed by atoms with Crippen LogP contribution < -0.4 is 17.0 Å². The van der Waals surface area contributed by atoms with Gasteiger partial charge in [-0.3, -0.25) is 13.9 Å². The molecule has 0 spiro atoms. The highest BCUT2D eigenvalue weighted by molar-refractivity contribution is 5.03. The summed E-state index contributed by atoms with van der Waals surface area (Å²) in [4.78, 5) is 24.7. The number of aromatic nitrogens is 2. The first-order valence-electron chi connectivity index (χ1n) is 7.67. The molecule has 21 heavy (non-hydrogen) atoms. The molecule has 1 aliphatic rings. The van der Waals surface area contributed by atoms with Crippen molar-refractivity contribution in [2.24, 2.45) is 11.7 Å². The highest BCUT2D eigenvalue weighted by Gasteiger charge is 2.33. The summed E-state index contributed by atoms with van der Waals surface area (Å²) >= 11 is 0. The van der Waals surface area contributed by atoms with Gasteiger partial charge in [0.15, 0.2) is 0 Å². The molecule has 6 nitrogen and oxygen atoms in total. The largest absolute Gasteiger partial charge is 0.354 e. The number of hydrogen-bond donors (Lipinski definition) is 1. The van der Waals surface area contributed by atoms with Crippen molar-refractivity contribution in [3.63, 3.8) is 0 Å². The van der Waals surface area contributed by atoms with Crippen molar-refractivity contribution in [3.8, 4) is 0 Å². The fraction of sp³-hybridized carbons (Fsp3) is 0.733. The van der Waals surface area contributed by atoms with Gasteiger partial charge in [0.05, 0.1) is 6.10 Å². The van der Waals surface area contributed by atoms with E-state index < -0.39 is 0 Å². The van der Waals surface area contributed by atoms with Gasteiger partial charge in [0.25, 0.3) is 5.56 Å². The van der Waals surface area contributed by atoms with Crippen molar-refractivity contribution in [3.05, 3.63) is 32.6 Å². The van der Waals surface area contributed by atoms with Crippen molar-refractivity contribution in [2.75, 3.05) is 6.54 Å². The van der Waals surface area contributed by atoms with Gasteiger partial charge in [-0.15, -0.1) is 0 Å². The molecule has 1 aromatic heterocycles. The molecule has 118 valence electrons. The zero-order valence-electron chi connectivity index (χ0n) is 13.0. The van der Waals surface area contributed by atoms with Crippen LogP contribution in [0.5, 0.6) is 0 Å². The minimum atomic E-state index is -0.298. The van der Waals surface area contributed by atoms with Gasteiger partial charge in [0.1, 0.15) is 6.23 Å². The number of nitrogens with zero attached hydrogens (tertiary/aromatic N) is 2. The molecule has 0 amide bonds. The molecule has 1 aromatic rings. The van der Waals surface area contributed by atoms with Crippen LogP contribution in [0.2, 0.25) is 0 Å². The van der Waals surface area contributed by atoms with Crippen LogP contribution in [-0.4, -0.2) is 21.8 Å². The number of hydrogen-bond acceptors (Lipinski definition) is 4. The third-order valence-corrected chi connectivity index (χ3v) is 4.21. The average Bonchev–Trinajstić information content (AvgIpc) is 2.84. The van der Waals surface area contributed by atoms with Crippen LogP contribution in [0.4, 0.5) is 0 Å². The Morgan fingerprint density at radius 2 is 2.14 bits per heavy atom. The van der Waals surface area contributed by atoms with Crippen LogP contribution in [0.3, 0.4) is 0 Å². The lowest BCUT2D eigenvalue weighted by atomic mass is 10.0. The molecule has 1 fully saturated rings. The van der Waals surface area contributed by atoms with Gasteiger partial charge >= 0.3 is 5.69 Å². The average molecular weight is 295 g/mol. The lowest BCUT2D eigenvalue weighted by Gasteiger charge is -2.17.